The average molecular weight is 386 g/mol. The summed E-state index contributed by atoms with van der Waals surface area (Å²) in [5.41, 5.74) is 0.854. The van der Waals surface area contributed by atoms with Crippen LogP contribution in [0.5, 0.6) is 0 Å². The second kappa shape index (κ2) is 8.97. The van der Waals surface area contributed by atoms with E-state index in [2.05, 4.69) is 44.7 Å². The number of carbonyl (C=O) groups is 1. The number of ether oxygens (including phenoxy) is 1. The number of benzene rings is 1. The molecule has 154 valence electrons. The number of amidine groups is 1. The van der Waals surface area contributed by atoms with Gasteiger partial charge in [-0.25, -0.2) is 4.99 Å². The zero-order valence-electron chi connectivity index (χ0n) is 17.9. The van der Waals surface area contributed by atoms with Gasteiger partial charge in [-0.2, -0.15) is 0 Å². The zero-order chi connectivity index (χ0) is 20.1. The molecule has 0 spiro atoms. The van der Waals surface area contributed by atoms with Crippen molar-refractivity contribution in [2.24, 2.45) is 4.99 Å². The standard InChI is InChI=1S/C23H35N3O2/c1-5-6-7-11-14-20(27)26-16-15-25(17-18(26)2)22-24-23(3,4)21(28-22)19-12-9-8-10-13-19/h8-10,12-13,18,21H,5-7,11,14-17H2,1-4H3/t18-,21?/m1/s1. The summed E-state index contributed by atoms with van der Waals surface area (Å²) in [5.74, 6) is 0.292. The Bertz CT molecular complexity index is 686. The van der Waals surface area contributed by atoms with Gasteiger partial charge in [-0.15, -0.1) is 0 Å². The van der Waals surface area contributed by atoms with E-state index in [9.17, 15) is 4.79 Å². The summed E-state index contributed by atoms with van der Waals surface area (Å²) in [5, 5.41) is 0. The molecular weight excluding hydrogens is 350 g/mol. The van der Waals surface area contributed by atoms with E-state index in [0.717, 1.165) is 44.1 Å². The van der Waals surface area contributed by atoms with E-state index >= 15 is 0 Å². The molecule has 0 saturated carbocycles. The van der Waals surface area contributed by atoms with Gasteiger partial charge in [0.1, 0.15) is 5.54 Å². The average Bonchev–Trinajstić information content (AvgIpc) is 3.01. The van der Waals surface area contributed by atoms with Crippen LogP contribution in [-0.4, -0.2) is 52.9 Å². The monoisotopic (exact) mass is 385 g/mol. The van der Waals surface area contributed by atoms with Gasteiger partial charge < -0.3 is 14.5 Å². The predicted octanol–water partition coefficient (Wildman–Crippen LogP) is 4.40. The van der Waals surface area contributed by atoms with E-state index in [-0.39, 0.29) is 17.7 Å². The third kappa shape index (κ3) is 4.68. The molecule has 0 bridgehead atoms. The summed E-state index contributed by atoms with van der Waals surface area (Å²) < 4.78 is 6.31. The van der Waals surface area contributed by atoms with Crippen LogP contribution < -0.4 is 0 Å². The third-order valence-electron chi connectivity index (χ3n) is 5.81. The Morgan fingerprint density at radius 2 is 1.93 bits per heavy atom. The Morgan fingerprint density at radius 1 is 1.18 bits per heavy atom. The molecule has 1 aromatic carbocycles. The summed E-state index contributed by atoms with van der Waals surface area (Å²) in [6.45, 7) is 10.9. The number of piperazine rings is 1. The minimum absolute atomic E-state index is 0.0720. The summed E-state index contributed by atoms with van der Waals surface area (Å²) in [6.07, 6.45) is 5.17. The first-order chi connectivity index (χ1) is 13.4. The first kappa shape index (κ1) is 20.7. The molecule has 1 saturated heterocycles. The first-order valence-electron chi connectivity index (χ1n) is 10.8. The number of nitrogens with zero attached hydrogens (tertiary/aromatic N) is 3. The number of hydrogen-bond acceptors (Lipinski definition) is 4. The fourth-order valence-electron chi connectivity index (χ4n) is 4.18. The molecule has 0 aliphatic carbocycles. The van der Waals surface area contributed by atoms with Crippen LogP contribution in [0.3, 0.4) is 0 Å². The molecule has 0 radical (unpaired) electrons. The SMILES string of the molecule is CCCCCCC(=O)N1CCN(C2=NC(C)(C)C(c3ccccc3)O2)C[C@H]1C. The summed E-state index contributed by atoms with van der Waals surface area (Å²) >= 11 is 0. The molecule has 5 heteroatoms. The van der Waals surface area contributed by atoms with E-state index in [1.807, 2.05) is 23.1 Å². The predicted molar refractivity (Wildman–Crippen MR) is 113 cm³/mol. The summed E-state index contributed by atoms with van der Waals surface area (Å²) in [6, 6.07) is 11.2. The molecule has 5 nitrogen and oxygen atoms in total. The van der Waals surface area contributed by atoms with Gasteiger partial charge in [0.15, 0.2) is 6.10 Å². The van der Waals surface area contributed by atoms with Gasteiger partial charge in [0, 0.05) is 32.1 Å². The topological polar surface area (TPSA) is 45.1 Å². The smallest absolute Gasteiger partial charge is 0.288 e. The van der Waals surface area contributed by atoms with E-state index in [1.54, 1.807) is 0 Å². The number of carbonyl (C=O) groups excluding carboxylic acids is 1. The molecule has 0 N–H and O–H groups in total. The second-order valence-electron chi connectivity index (χ2n) is 8.65. The van der Waals surface area contributed by atoms with E-state index in [4.69, 9.17) is 9.73 Å². The molecule has 2 heterocycles. The highest BCUT2D eigenvalue weighted by molar-refractivity contribution is 5.79. The van der Waals surface area contributed by atoms with Gasteiger partial charge in [0.25, 0.3) is 6.02 Å². The zero-order valence-corrected chi connectivity index (χ0v) is 17.9. The van der Waals surface area contributed by atoms with Crippen LogP contribution >= 0.6 is 0 Å². The molecule has 2 aliphatic rings. The van der Waals surface area contributed by atoms with Crippen molar-refractivity contribution >= 4 is 11.9 Å². The lowest BCUT2D eigenvalue weighted by Crippen LogP contribution is -2.55. The maximum Gasteiger partial charge on any atom is 0.288 e. The Labute approximate surface area is 169 Å². The Hall–Kier alpha value is -2.04. The van der Waals surface area contributed by atoms with Crippen LogP contribution in [0.4, 0.5) is 0 Å². The van der Waals surface area contributed by atoms with E-state index < -0.39 is 0 Å². The van der Waals surface area contributed by atoms with Crippen molar-refractivity contribution < 1.29 is 9.53 Å². The van der Waals surface area contributed by atoms with Gasteiger partial charge in [0.2, 0.25) is 5.91 Å². The molecule has 28 heavy (non-hydrogen) atoms. The van der Waals surface area contributed by atoms with Crippen molar-refractivity contribution in [1.29, 1.82) is 0 Å². The molecule has 1 amide bonds. The quantitative estimate of drug-likeness (QED) is 0.682. The number of rotatable bonds is 6. The highest BCUT2D eigenvalue weighted by atomic mass is 16.5. The van der Waals surface area contributed by atoms with Crippen LogP contribution in [0.15, 0.2) is 35.3 Å². The first-order valence-corrected chi connectivity index (χ1v) is 10.8. The van der Waals surface area contributed by atoms with Crippen LogP contribution in [-0.2, 0) is 9.53 Å². The van der Waals surface area contributed by atoms with Crippen molar-refractivity contribution in [2.75, 3.05) is 19.6 Å². The molecule has 3 rings (SSSR count). The summed E-state index contributed by atoms with van der Waals surface area (Å²) in [4.78, 5) is 21.7. The van der Waals surface area contributed by atoms with Crippen LogP contribution in [0.2, 0.25) is 0 Å². The Balaban J connectivity index is 1.57. The van der Waals surface area contributed by atoms with Crippen LogP contribution in [0.1, 0.15) is 71.5 Å². The molecular formula is C23H35N3O2. The highest BCUT2D eigenvalue weighted by Gasteiger charge is 2.42. The normalized spacial score (nSPS) is 24.1. The van der Waals surface area contributed by atoms with Gasteiger partial charge >= 0.3 is 0 Å². The molecule has 1 aromatic rings. The highest BCUT2D eigenvalue weighted by Crippen LogP contribution is 2.38. The third-order valence-corrected chi connectivity index (χ3v) is 5.81. The largest absolute Gasteiger partial charge is 0.454 e. The molecule has 2 aliphatic heterocycles. The van der Waals surface area contributed by atoms with Crippen molar-refractivity contribution in [3.63, 3.8) is 0 Å². The minimum atomic E-state index is -0.299. The molecule has 0 aromatic heterocycles. The van der Waals surface area contributed by atoms with E-state index in [0.29, 0.717) is 12.3 Å². The van der Waals surface area contributed by atoms with Crippen molar-refractivity contribution in [3.8, 4) is 0 Å². The fraction of sp³-hybridized carbons (Fsp3) is 0.652. The van der Waals surface area contributed by atoms with Gasteiger partial charge in [-0.3, -0.25) is 4.79 Å². The lowest BCUT2D eigenvalue weighted by atomic mass is 9.93. The van der Waals surface area contributed by atoms with Gasteiger partial charge in [-0.1, -0.05) is 56.5 Å². The molecule has 1 unspecified atom stereocenters. The van der Waals surface area contributed by atoms with Crippen LogP contribution in [0, 0.1) is 0 Å². The molecule has 2 atom stereocenters. The Kier molecular flexibility index (Phi) is 6.63. The lowest BCUT2D eigenvalue weighted by Gasteiger charge is -2.40. The van der Waals surface area contributed by atoms with Gasteiger partial charge in [-0.05, 0) is 32.8 Å². The number of aliphatic imine (C=N–C) groups is 1. The number of hydrogen-bond donors (Lipinski definition) is 0. The minimum Gasteiger partial charge on any atom is -0.454 e. The Morgan fingerprint density at radius 3 is 2.61 bits per heavy atom. The fourth-order valence-corrected chi connectivity index (χ4v) is 4.18. The second-order valence-corrected chi connectivity index (χ2v) is 8.65. The van der Waals surface area contributed by atoms with Crippen molar-refractivity contribution in [2.45, 2.75) is 77.5 Å². The van der Waals surface area contributed by atoms with Crippen molar-refractivity contribution in [1.82, 2.24) is 9.80 Å². The molecule has 1 fully saturated rings. The summed E-state index contributed by atoms with van der Waals surface area (Å²) in [7, 11) is 0. The number of amides is 1. The maximum atomic E-state index is 12.6. The lowest BCUT2D eigenvalue weighted by molar-refractivity contribution is -0.135. The number of unbranched alkanes of at least 4 members (excludes halogenated alkanes) is 3. The van der Waals surface area contributed by atoms with E-state index in [1.165, 1.54) is 12.8 Å². The maximum absolute atomic E-state index is 12.6. The van der Waals surface area contributed by atoms with Crippen LogP contribution in [0.25, 0.3) is 0 Å². The van der Waals surface area contributed by atoms with Gasteiger partial charge in [0.05, 0.1) is 0 Å². The van der Waals surface area contributed by atoms with Crippen molar-refractivity contribution in [3.05, 3.63) is 35.9 Å².